The predicted octanol–water partition coefficient (Wildman–Crippen LogP) is 5.36. The normalized spacial score (nSPS) is 18.6. The lowest BCUT2D eigenvalue weighted by molar-refractivity contribution is -0.137. The molecule has 246 valence electrons. The Morgan fingerprint density at radius 1 is 1.02 bits per heavy atom. The molecular weight excluding hydrogens is 605 g/mol. The molecule has 0 radical (unpaired) electrons. The summed E-state index contributed by atoms with van der Waals surface area (Å²) in [5.41, 5.74) is 1.52. The number of likely N-dealkylation sites (N-methyl/N-ethyl adjacent to an activating group) is 1. The Kier molecular flexibility index (Phi) is 9.92. The van der Waals surface area contributed by atoms with E-state index in [1.807, 2.05) is 18.9 Å². The van der Waals surface area contributed by atoms with Crippen LogP contribution in [0.2, 0.25) is 0 Å². The number of halogens is 3. The molecule has 0 saturated heterocycles. The third-order valence-electron chi connectivity index (χ3n) is 8.03. The van der Waals surface area contributed by atoms with Crippen LogP contribution < -0.4 is 24.8 Å². The number of amides is 3. The number of hydrogen-bond donors (Lipinski definition) is 3. The van der Waals surface area contributed by atoms with Crippen molar-refractivity contribution in [3.63, 3.8) is 0 Å². The van der Waals surface area contributed by atoms with Gasteiger partial charge in [-0.2, -0.15) is 13.2 Å². The van der Waals surface area contributed by atoms with Crippen LogP contribution in [0.25, 0.3) is 0 Å². The predicted molar refractivity (Wildman–Crippen MR) is 165 cm³/mol. The molecule has 2 aliphatic heterocycles. The van der Waals surface area contributed by atoms with E-state index in [0.717, 1.165) is 12.1 Å². The van der Waals surface area contributed by atoms with Gasteiger partial charge in [0.05, 0.1) is 24.6 Å². The van der Waals surface area contributed by atoms with E-state index in [1.54, 1.807) is 48.2 Å². The van der Waals surface area contributed by atoms with Gasteiger partial charge in [0.15, 0.2) is 11.5 Å². The number of rotatable bonds is 8. The second-order valence-corrected chi connectivity index (χ2v) is 11.7. The summed E-state index contributed by atoms with van der Waals surface area (Å²) in [7, 11) is 1.85. The summed E-state index contributed by atoms with van der Waals surface area (Å²) in [6.07, 6.45) is -4.83. The molecule has 46 heavy (non-hydrogen) atoms. The molecule has 2 heterocycles. The van der Waals surface area contributed by atoms with Crippen LogP contribution in [0, 0.1) is 5.92 Å². The summed E-state index contributed by atoms with van der Waals surface area (Å²) in [6.45, 7) is 4.76. The van der Waals surface area contributed by atoms with E-state index in [9.17, 15) is 27.9 Å². The molecule has 3 aromatic rings. The third kappa shape index (κ3) is 8.01. The standard InChI is InChI=1S/C33H37F3N4O6/c1-20-15-40(21(2)18-41)31(42)13-23-12-25(37-32(43)38-26-9-11-28-29(14-26)45-19-44-28)8-10-27(23)46-30(20)17-39(3)16-22-4-6-24(7-5-22)33(34,35)36/h4-12,14,20-21,30,41H,13,15-19H2,1-3H3,(H2,37,38,43)/t20-,21+,30-/m0/s1. The summed E-state index contributed by atoms with van der Waals surface area (Å²) >= 11 is 0. The van der Waals surface area contributed by atoms with Gasteiger partial charge in [-0.05, 0) is 62.0 Å². The number of aliphatic hydroxyl groups is 1. The molecule has 0 bridgehead atoms. The van der Waals surface area contributed by atoms with Gasteiger partial charge in [0.25, 0.3) is 0 Å². The molecule has 5 rings (SSSR count). The number of carbonyl (C=O) groups excluding carboxylic acids is 2. The Labute approximate surface area is 265 Å². The van der Waals surface area contributed by atoms with E-state index in [0.29, 0.717) is 59.4 Å². The average molecular weight is 643 g/mol. The van der Waals surface area contributed by atoms with Crippen LogP contribution in [-0.2, 0) is 23.9 Å². The quantitative estimate of drug-likeness (QED) is 0.303. The first-order valence-electron chi connectivity index (χ1n) is 14.9. The molecule has 3 atom stereocenters. The summed E-state index contributed by atoms with van der Waals surface area (Å²) in [6, 6.07) is 14.3. The Balaban J connectivity index is 1.33. The molecule has 0 fully saturated rings. The highest BCUT2D eigenvalue weighted by Crippen LogP contribution is 2.35. The van der Waals surface area contributed by atoms with Gasteiger partial charge in [-0.3, -0.25) is 9.69 Å². The monoisotopic (exact) mass is 642 g/mol. The van der Waals surface area contributed by atoms with E-state index in [2.05, 4.69) is 10.6 Å². The number of benzene rings is 3. The van der Waals surface area contributed by atoms with Gasteiger partial charge in [-0.1, -0.05) is 19.1 Å². The van der Waals surface area contributed by atoms with Crippen LogP contribution in [-0.4, -0.2) is 72.5 Å². The maximum absolute atomic E-state index is 13.5. The molecule has 0 saturated carbocycles. The minimum Gasteiger partial charge on any atom is -0.488 e. The zero-order valence-electron chi connectivity index (χ0n) is 25.8. The fourth-order valence-corrected chi connectivity index (χ4v) is 5.48. The van der Waals surface area contributed by atoms with Crippen molar-refractivity contribution in [1.82, 2.24) is 9.80 Å². The Morgan fingerprint density at radius 2 is 1.67 bits per heavy atom. The lowest BCUT2D eigenvalue weighted by atomic mass is 10.0. The van der Waals surface area contributed by atoms with E-state index < -0.39 is 29.9 Å². The van der Waals surface area contributed by atoms with Crippen molar-refractivity contribution in [2.45, 2.75) is 45.1 Å². The molecule has 0 aliphatic carbocycles. The largest absolute Gasteiger partial charge is 0.488 e. The molecule has 0 unspecified atom stereocenters. The first-order valence-corrected chi connectivity index (χ1v) is 14.9. The topological polar surface area (TPSA) is 113 Å². The number of anilines is 2. The first kappa shape index (κ1) is 32.9. The van der Waals surface area contributed by atoms with Crippen LogP contribution in [0.1, 0.15) is 30.5 Å². The van der Waals surface area contributed by atoms with Gasteiger partial charge < -0.3 is 34.9 Å². The number of fused-ring (bicyclic) bond motifs is 2. The summed E-state index contributed by atoms with van der Waals surface area (Å²) in [5.74, 6) is 1.24. The molecule has 3 aromatic carbocycles. The van der Waals surface area contributed by atoms with Crippen LogP contribution in [0.3, 0.4) is 0 Å². The van der Waals surface area contributed by atoms with E-state index in [-0.39, 0.29) is 31.6 Å². The van der Waals surface area contributed by atoms with E-state index >= 15 is 0 Å². The smallest absolute Gasteiger partial charge is 0.416 e. The third-order valence-corrected chi connectivity index (χ3v) is 8.03. The summed E-state index contributed by atoms with van der Waals surface area (Å²) in [4.78, 5) is 29.9. The number of hydrogen-bond acceptors (Lipinski definition) is 7. The molecule has 3 amide bonds. The molecule has 3 N–H and O–H groups in total. The summed E-state index contributed by atoms with van der Waals surface area (Å²) in [5, 5.41) is 15.5. The number of alkyl halides is 3. The fourth-order valence-electron chi connectivity index (χ4n) is 5.48. The van der Waals surface area contributed by atoms with Crippen LogP contribution in [0.4, 0.5) is 29.3 Å². The lowest BCUT2D eigenvalue weighted by Gasteiger charge is -2.34. The van der Waals surface area contributed by atoms with Crippen molar-refractivity contribution in [1.29, 1.82) is 0 Å². The van der Waals surface area contributed by atoms with Crippen molar-refractivity contribution >= 4 is 23.3 Å². The minimum atomic E-state index is -4.40. The molecule has 0 spiro atoms. The van der Waals surface area contributed by atoms with Crippen LogP contribution in [0.5, 0.6) is 17.2 Å². The molecule has 13 heteroatoms. The SMILES string of the molecule is C[C@H](CO)N1C[C@H](C)[C@H](CN(C)Cc2ccc(C(F)(F)F)cc2)Oc2ccc(NC(=O)Nc3ccc4c(c3)OCO4)cc2CC1=O. The number of urea groups is 1. The second kappa shape index (κ2) is 13.9. The molecule has 0 aromatic heterocycles. The molecule has 10 nitrogen and oxygen atoms in total. The van der Waals surface area contributed by atoms with Gasteiger partial charge in [0.2, 0.25) is 12.7 Å². The number of ether oxygens (including phenoxy) is 3. The van der Waals surface area contributed by atoms with Crippen molar-refractivity contribution in [2.24, 2.45) is 5.92 Å². The Morgan fingerprint density at radius 3 is 2.35 bits per heavy atom. The first-order chi connectivity index (χ1) is 21.9. The van der Waals surface area contributed by atoms with Crippen molar-refractivity contribution in [3.05, 3.63) is 77.4 Å². The highest BCUT2D eigenvalue weighted by Gasteiger charge is 2.32. The zero-order valence-corrected chi connectivity index (χ0v) is 25.8. The average Bonchev–Trinajstić information content (AvgIpc) is 3.48. The fraction of sp³-hybridized carbons (Fsp3) is 0.394. The highest BCUT2D eigenvalue weighted by molar-refractivity contribution is 6.00. The van der Waals surface area contributed by atoms with Gasteiger partial charge in [-0.15, -0.1) is 0 Å². The number of aliphatic hydroxyl groups excluding tert-OH is 1. The van der Waals surface area contributed by atoms with Gasteiger partial charge in [0, 0.05) is 48.6 Å². The molecule has 2 aliphatic rings. The number of carbonyl (C=O) groups is 2. The second-order valence-electron chi connectivity index (χ2n) is 11.7. The van der Waals surface area contributed by atoms with Crippen molar-refractivity contribution in [2.75, 3.05) is 44.2 Å². The Bertz CT molecular complexity index is 1550. The number of nitrogens with zero attached hydrogens (tertiary/aromatic N) is 2. The van der Waals surface area contributed by atoms with Gasteiger partial charge >= 0.3 is 12.2 Å². The van der Waals surface area contributed by atoms with Crippen molar-refractivity contribution < 1.29 is 42.1 Å². The van der Waals surface area contributed by atoms with E-state index in [1.165, 1.54) is 12.1 Å². The lowest BCUT2D eigenvalue weighted by Crippen LogP contribution is -2.47. The number of nitrogens with one attached hydrogen (secondary N) is 2. The zero-order chi connectivity index (χ0) is 33.0. The maximum atomic E-state index is 13.5. The molecular formula is C33H37F3N4O6. The van der Waals surface area contributed by atoms with Gasteiger partial charge in [0.1, 0.15) is 11.9 Å². The van der Waals surface area contributed by atoms with E-state index in [4.69, 9.17) is 14.2 Å². The van der Waals surface area contributed by atoms with Gasteiger partial charge in [-0.25, -0.2) is 4.79 Å². The van der Waals surface area contributed by atoms with Crippen molar-refractivity contribution in [3.8, 4) is 17.2 Å². The Hall–Kier alpha value is -4.49. The minimum absolute atomic E-state index is 0.0141. The summed E-state index contributed by atoms with van der Waals surface area (Å²) < 4.78 is 56.2. The van der Waals surface area contributed by atoms with Crippen LogP contribution in [0.15, 0.2) is 60.7 Å². The maximum Gasteiger partial charge on any atom is 0.416 e. The van der Waals surface area contributed by atoms with Crippen LogP contribution >= 0.6 is 0 Å². The highest BCUT2D eigenvalue weighted by atomic mass is 19.4.